The molecule has 1 heterocycles. The first-order valence-electron chi connectivity index (χ1n) is 5.91. The van der Waals surface area contributed by atoms with E-state index in [4.69, 9.17) is 4.74 Å². The molecule has 0 N–H and O–H groups in total. The lowest BCUT2D eigenvalue weighted by atomic mass is 10.1. The second-order valence-electron chi connectivity index (χ2n) is 4.29. The number of alkyl halides is 3. The Kier molecular flexibility index (Phi) is 4.52. The van der Waals surface area contributed by atoms with Crippen LogP contribution < -0.4 is 0 Å². The van der Waals surface area contributed by atoms with E-state index in [1.54, 1.807) is 6.07 Å². The van der Waals surface area contributed by atoms with E-state index in [9.17, 15) is 18.0 Å². The molecule has 0 radical (unpaired) electrons. The molecule has 0 spiro atoms. The molecule has 19 heavy (non-hydrogen) atoms. The van der Waals surface area contributed by atoms with Crippen molar-refractivity contribution in [1.29, 1.82) is 0 Å². The van der Waals surface area contributed by atoms with Gasteiger partial charge < -0.3 is 4.74 Å². The topological polar surface area (TPSA) is 26.3 Å². The minimum atomic E-state index is -4.50. The fourth-order valence-electron chi connectivity index (χ4n) is 1.94. The van der Waals surface area contributed by atoms with Crippen molar-refractivity contribution in [2.45, 2.75) is 29.2 Å². The van der Waals surface area contributed by atoms with E-state index in [0.29, 0.717) is 18.1 Å². The largest absolute Gasteiger partial charge is 0.417 e. The number of aldehydes is 1. The van der Waals surface area contributed by atoms with Crippen LogP contribution in [-0.2, 0) is 10.9 Å². The highest BCUT2D eigenvalue weighted by atomic mass is 32.2. The van der Waals surface area contributed by atoms with E-state index in [-0.39, 0.29) is 17.1 Å². The van der Waals surface area contributed by atoms with Crippen LogP contribution in [0.5, 0.6) is 0 Å². The smallest absolute Gasteiger partial charge is 0.381 e. The number of benzene rings is 1. The number of hydrogen-bond acceptors (Lipinski definition) is 3. The van der Waals surface area contributed by atoms with E-state index in [0.717, 1.165) is 18.9 Å². The van der Waals surface area contributed by atoms with Gasteiger partial charge in [-0.1, -0.05) is 0 Å². The molecule has 2 nitrogen and oxygen atoms in total. The monoisotopic (exact) mass is 290 g/mol. The van der Waals surface area contributed by atoms with Crippen molar-refractivity contribution in [1.82, 2.24) is 0 Å². The fourth-order valence-corrected chi connectivity index (χ4v) is 3.09. The molecule has 2 rings (SSSR count). The second kappa shape index (κ2) is 5.96. The zero-order chi connectivity index (χ0) is 13.9. The summed E-state index contributed by atoms with van der Waals surface area (Å²) in [7, 11) is 0. The predicted octanol–water partition coefficient (Wildman–Crippen LogP) is 3.79. The minimum Gasteiger partial charge on any atom is -0.381 e. The molecule has 1 saturated heterocycles. The van der Waals surface area contributed by atoms with Crippen molar-refractivity contribution < 1.29 is 22.7 Å². The Morgan fingerprint density at radius 2 is 1.95 bits per heavy atom. The quantitative estimate of drug-likeness (QED) is 0.792. The molecule has 6 heteroatoms. The van der Waals surface area contributed by atoms with E-state index < -0.39 is 11.7 Å². The van der Waals surface area contributed by atoms with Crippen LogP contribution in [0.25, 0.3) is 0 Å². The van der Waals surface area contributed by atoms with E-state index in [1.807, 2.05) is 0 Å². The molecule has 0 bridgehead atoms. The number of halogens is 3. The van der Waals surface area contributed by atoms with Gasteiger partial charge in [-0.05, 0) is 31.0 Å². The molecular weight excluding hydrogens is 277 g/mol. The van der Waals surface area contributed by atoms with Gasteiger partial charge in [-0.15, -0.1) is 11.8 Å². The Morgan fingerprint density at radius 3 is 2.53 bits per heavy atom. The lowest BCUT2D eigenvalue weighted by Gasteiger charge is -2.22. The third-order valence-corrected chi connectivity index (χ3v) is 4.26. The summed E-state index contributed by atoms with van der Waals surface area (Å²) in [5, 5.41) is 0.275. The Bertz CT molecular complexity index is 454. The van der Waals surface area contributed by atoms with Gasteiger partial charge in [0.05, 0.1) is 5.56 Å². The van der Waals surface area contributed by atoms with Crippen LogP contribution in [0.3, 0.4) is 0 Å². The fraction of sp³-hybridized carbons (Fsp3) is 0.462. The predicted molar refractivity (Wildman–Crippen MR) is 66.5 cm³/mol. The maximum absolute atomic E-state index is 12.8. The van der Waals surface area contributed by atoms with E-state index in [1.165, 1.54) is 17.8 Å². The van der Waals surface area contributed by atoms with Gasteiger partial charge in [0.2, 0.25) is 0 Å². The molecule has 0 saturated carbocycles. The summed E-state index contributed by atoms with van der Waals surface area (Å²) < 4.78 is 43.6. The number of rotatable bonds is 3. The standard InChI is InChI=1S/C13H13F3O2S/c14-13(15,16)12-7-11(2-1-9(12)8-17)19-10-3-5-18-6-4-10/h1-2,7-8,10H,3-6H2. The highest BCUT2D eigenvalue weighted by molar-refractivity contribution is 8.00. The lowest BCUT2D eigenvalue weighted by Crippen LogP contribution is -2.17. The second-order valence-corrected chi connectivity index (χ2v) is 5.67. The maximum atomic E-state index is 12.8. The minimum absolute atomic E-state index is 0.242. The van der Waals surface area contributed by atoms with Gasteiger partial charge in [0.25, 0.3) is 0 Å². The SMILES string of the molecule is O=Cc1ccc(SC2CCOCC2)cc1C(F)(F)F. The molecule has 1 aliphatic heterocycles. The van der Waals surface area contributed by atoms with Crippen LogP contribution in [0, 0.1) is 0 Å². The van der Waals surface area contributed by atoms with Crippen molar-refractivity contribution in [3.8, 4) is 0 Å². The number of ether oxygens (including phenoxy) is 1. The Labute approximate surface area is 113 Å². The van der Waals surface area contributed by atoms with E-state index in [2.05, 4.69) is 0 Å². The highest BCUT2D eigenvalue weighted by Crippen LogP contribution is 2.36. The van der Waals surface area contributed by atoms with Crippen LogP contribution in [-0.4, -0.2) is 24.7 Å². The molecule has 0 aromatic heterocycles. The zero-order valence-electron chi connectivity index (χ0n) is 10.1. The Hall–Kier alpha value is -1.01. The molecule has 0 atom stereocenters. The molecule has 0 aliphatic carbocycles. The van der Waals surface area contributed by atoms with Crippen molar-refractivity contribution >= 4 is 18.0 Å². The number of carbonyl (C=O) groups excluding carboxylic acids is 1. The number of carbonyl (C=O) groups is 1. The van der Waals surface area contributed by atoms with Crippen LogP contribution in [0.4, 0.5) is 13.2 Å². The maximum Gasteiger partial charge on any atom is 0.417 e. The van der Waals surface area contributed by atoms with Crippen LogP contribution >= 0.6 is 11.8 Å². The van der Waals surface area contributed by atoms with Crippen LogP contribution in [0.15, 0.2) is 23.1 Å². The molecule has 1 fully saturated rings. The average molecular weight is 290 g/mol. The van der Waals surface area contributed by atoms with Crippen molar-refractivity contribution in [2.24, 2.45) is 0 Å². The summed E-state index contributed by atoms with van der Waals surface area (Å²) in [6.07, 6.45) is -2.59. The first-order valence-corrected chi connectivity index (χ1v) is 6.79. The van der Waals surface area contributed by atoms with Crippen molar-refractivity contribution in [3.63, 3.8) is 0 Å². The van der Waals surface area contributed by atoms with Gasteiger partial charge in [-0.25, -0.2) is 0 Å². The van der Waals surface area contributed by atoms with Crippen molar-refractivity contribution in [3.05, 3.63) is 29.3 Å². The number of hydrogen-bond donors (Lipinski definition) is 0. The highest BCUT2D eigenvalue weighted by Gasteiger charge is 2.33. The normalized spacial score (nSPS) is 17.4. The Balaban J connectivity index is 2.20. The first kappa shape index (κ1) is 14.4. The van der Waals surface area contributed by atoms with Gasteiger partial charge in [0.1, 0.15) is 0 Å². The average Bonchev–Trinajstić information content (AvgIpc) is 2.39. The summed E-state index contributed by atoms with van der Waals surface area (Å²) >= 11 is 1.42. The third kappa shape index (κ3) is 3.73. The molecule has 104 valence electrons. The zero-order valence-corrected chi connectivity index (χ0v) is 10.9. The summed E-state index contributed by atoms with van der Waals surface area (Å²) in [6.45, 7) is 1.30. The molecule has 1 aromatic carbocycles. The summed E-state index contributed by atoms with van der Waals surface area (Å²) in [5.74, 6) is 0. The third-order valence-electron chi connectivity index (χ3n) is 2.93. The van der Waals surface area contributed by atoms with Gasteiger partial charge in [0, 0.05) is 28.9 Å². The van der Waals surface area contributed by atoms with Gasteiger partial charge >= 0.3 is 6.18 Å². The molecule has 1 aromatic rings. The van der Waals surface area contributed by atoms with Crippen molar-refractivity contribution in [2.75, 3.05) is 13.2 Å². The summed E-state index contributed by atoms with van der Waals surface area (Å²) in [6, 6.07) is 3.86. The molecule has 0 amide bonds. The van der Waals surface area contributed by atoms with Crippen LogP contribution in [0.1, 0.15) is 28.8 Å². The summed E-state index contributed by atoms with van der Waals surface area (Å²) in [5.41, 5.74) is -1.18. The van der Waals surface area contributed by atoms with E-state index >= 15 is 0 Å². The molecule has 1 aliphatic rings. The Morgan fingerprint density at radius 1 is 1.26 bits per heavy atom. The molecular formula is C13H13F3O2S. The first-order chi connectivity index (χ1) is 9.00. The van der Waals surface area contributed by atoms with Crippen LogP contribution in [0.2, 0.25) is 0 Å². The van der Waals surface area contributed by atoms with Gasteiger partial charge in [0.15, 0.2) is 6.29 Å². The summed E-state index contributed by atoms with van der Waals surface area (Å²) in [4.78, 5) is 11.2. The van der Waals surface area contributed by atoms with Gasteiger partial charge in [-0.3, -0.25) is 4.79 Å². The number of thioether (sulfide) groups is 1. The van der Waals surface area contributed by atoms with Gasteiger partial charge in [-0.2, -0.15) is 13.2 Å². The molecule has 0 unspecified atom stereocenters. The lowest BCUT2D eigenvalue weighted by molar-refractivity contribution is -0.138.